The third-order valence-corrected chi connectivity index (χ3v) is 8.29. The van der Waals surface area contributed by atoms with Gasteiger partial charge in [-0.15, -0.1) is 0 Å². The Morgan fingerprint density at radius 1 is 0.773 bits per heavy atom. The van der Waals surface area contributed by atoms with E-state index in [0.29, 0.717) is 47.2 Å². The fourth-order valence-electron chi connectivity index (χ4n) is 4.59. The number of ether oxygens (including phenoxy) is 5. The molecule has 44 heavy (non-hydrogen) atoms. The molecule has 238 valence electrons. The van der Waals surface area contributed by atoms with Crippen LogP contribution in [0, 0.1) is 0 Å². The molecule has 0 amide bonds. The number of rotatable bonds is 16. The number of hydrogen-bond donors (Lipinski definition) is 2. The Bertz CT molecular complexity index is 1760. The van der Waals surface area contributed by atoms with E-state index in [1.807, 2.05) is 14.0 Å². The maximum Gasteiger partial charge on any atom is 0.328 e. The van der Waals surface area contributed by atoms with Crippen molar-refractivity contribution >= 4 is 26.7 Å². The van der Waals surface area contributed by atoms with Crippen LogP contribution in [0.3, 0.4) is 0 Å². The Balaban J connectivity index is 1.76. The van der Waals surface area contributed by atoms with Gasteiger partial charge < -0.3 is 29.0 Å². The van der Waals surface area contributed by atoms with Crippen LogP contribution < -0.4 is 39.4 Å². The average Bonchev–Trinajstić information content (AvgIpc) is 3.22. The SMILES string of the molecule is CCCOc1cc(OCCCCNC)cc(Oc2cc3c(cc2NS(=O)(=O)c2ccc(OC)c(OC)c2)n(C)c(=O)n3C)c1. The standard InChI is InChI=1S/C31H40N4O8S/c1-7-13-41-21-15-22(42-14-9-8-12-32-2)17-23(16-21)43-29-20-27-26(34(3)31(36)35(27)4)19-25(29)33-44(37,38)24-10-11-28(39-5)30(18-24)40-6/h10-11,15-20,32-33H,7-9,12-14H2,1-6H3. The van der Waals surface area contributed by atoms with Crippen molar-refractivity contribution in [2.24, 2.45) is 14.1 Å². The Morgan fingerprint density at radius 3 is 2.05 bits per heavy atom. The van der Waals surface area contributed by atoms with E-state index in [2.05, 4.69) is 10.0 Å². The predicted octanol–water partition coefficient (Wildman–Crippen LogP) is 4.65. The van der Waals surface area contributed by atoms with Gasteiger partial charge >= 0.3 is 5.69 Å². The van der Waals surface area contributed by atoms with Crippen LogP contribution in [-0.2, 0) is 24.1 Å². The summed E-state index contributed by atoms with van der Waals surface area (Å²) >= 11 is 0. The zero-order valence-corrected chi connectivity index (χ0v) is 26.7. The third kappa shape index (κ3) is 7.40. The fourth-order valence-corrected chi connectivity index (χ4v) is 5.67. The van der Waals surface area contributed by atoms with Crippen LogP contribution in [0.4, 0.5) is 5.69 Å². The van der Waals surface area contributed by atoms with Gasteiger partial charge in [-0.1, -0.05) is 6.92 Å². The highest BCUT2D eigenvalue weighted by molar-refractivity contribution is 7.92. The lowest BCUT2D eigenvalue weighted by Crippen LogP contribution is -2.19. The first-order chi connectivity index (χ1) is 21.1. The van der Waals surface area contributed by atoms with Crippen LogP contribution in [0.5, 0.6) is 34.5 Å². The molecule has 0 unspecified atom stereocenters. The van der Waals surface area contributed by atoms with Crippen molar-refractivity contribution in [3.05, 3.63) is 59.0 Å². The van der Waals surface area contributed by atoms with Crippen molar-refractivity contribution < 1.29 is 32.1 Å². The first-order valence-corrected chi connectivity index (χ1v) is 15.8. The molecule has 3 aromatic carbocycles. The zero-order valence-electron chi connectivity index (χ0n) is 25.9. The van der Waals surface area contributed by atoms with Crippen LogP contribution in [-0.4, -0.2) is 58.6 Å². The minimum atomic E-state index is -4.13. The molecule has 0 aliphatic carbocycles. The number of benzene rings is 3. The van der Waals surface area contributed by atoms with Crippen molar-refractivity contribution in [3.63, 3.8) is 0 Å². The Morgan fingerprint density at radius 2 is 1.41 bits per heavy atom. The lowest BCUT2D eigenvalue weighted by atomic mass is 10.2. The number of imidazole rings is 1. The monoisotopic (exact) mass is 628 g/mol. The number of aryl methyl sites for hydroxylation is 2. The second-order valence-corrected chi connectivity index (χ2v) is 11.8. The van der Waals surface area contributed by atoms with Crippen molar-refractivity contribution in [1.82, 2.24) is 14.5 Å². The van der Waals surface area contributed by atoms with Crippen molar-refractivity contribution in [2.75, 3.05) is 45.7 Å². The molecule has 0 radical (unpaired) electrons. The summed E-state index contributed by atoms with van der Waals surface area (Å²) in [7, 11) is 3.93. The van der Waals surface area contributed by atoms with Gasteiger partial charge in [-0.2, -0.15) is 0 Å². The molecule has 0 spiro atoms. The zero-order chi connectivity index (χ0) is 31.9. The summed E-state index contributed by atoms with van der Waals surface area (Å²) in [5, 5.41) is 3.12. The number of unbranched alkanes of at least 4 members (excludes halogenated alkanes) is 1. The van der Waals surface area contributed by atoms with Crippen LogP contribution in [0.15, 0.2) is 58.2 Å². The first kappa shape index (κ1) is 32.6. The fraction of sp³-hybridized carbons (Fsp3) is 0.387. The van der Waals surface area contributed by atoms with E-state index in [4.69, 9.17) is 23.7 Å². The smallest absolute Gasteiger partial charge is 0.328 e. The number of nitrogens with zero attached hydrogens (tertiary/aromatic N) is 2. The van der Waals surface area contributed by atoms with Gasteiger partial charge in [0.2, 0.25) is 0 Å². The van der Waals surface area contributed by atoms with Crippen molar-refractivity contribution in [2.45, 2.75) is 31.1 Å². The molecule has 2 N–H and O–H groups in total. The molecule has 13 heteroatoms. The molecule has 0 aliphatic heterocycles. The minimum Gasteiger partial charge on any atom is -0.493 e. The molecule has 0 atom stereocenters. The van der Waals surface area contributed by atoms with Crippen LogP contribution in [0.2, 0.25) is 0 Å². The molecular weight excluding hydrogens is 588 g/mol. The summed E-state index contributed by atoms with van der Waals surface area (Å²) in [6, 6.07) is 12.7. The lowest BCUT2D eigenvalue weighted by molar-refractivity contribution is 0.293. The first-order valence-electron chi connectivity index (χ1n) is 14.3. The molecule has 4 rings (SSSR count). The maximum atomic E-state index is 13.6. The predicted molar refractivity (Wildman–Crippen MR) is 169 cm³/mol. The molecule has 12 nitrogen and oxygen atoms in total. The number of nitrogens with one attached hydrogen (secondary N) is 2. The van der Waals surface area contributed by atoms with E-state index >= 15 is 0 Å². The third-order valence-electron chi connectivity index (χ3n) is 6.93. The van der Waals surface area contributed by atoms with E-state index in [-0.39, 0.29) is 27.8 Å². The number of fused-ring (bicyclic) bond motifs is 1. The molecule has 1 aromatic heterocycles. The second-order valence-electron chi connectivity index (χ2n) is 10.1. The minimum absolute atomic E-state index is 0.0490. The van der Waals surface area contributed by atoms with Crippen LogP contribution >= 0.6 is 0 Å². The number of sulfonamides is 1. The molecule has 0 fully saturated rings. The van der Waals surface area contributed by atoms with Gasteiger partial charge in [0.15, 0.2) is 17.2 Å². The number of methoxy groups -OCH3 is 2. The number of aromatic nitrogens is 2. The molecule has 0 aliphatic rings. The normalized spacial score (nSPS) is 11.4. The van der Waals surface area contributed by atoms with Crippen molar-refractivity contribution in [1.29, 1.82) is 0 Å². The summed E-state index contributed by atoms with van der Waals surface area (Å²) in [6.45, 7) is 3.91. The number of hydrogen-bond acceptors (Lipinski definition) is 9. The van der Waals surface area contributed by atoms with E-state index in [1.54, 1.807) is 44.4 Å². The van der Waals surface area contributed by atoms with E-state index in [0.717, 1.165) is 25.8 Å². The summed E-state index contributed by atoms with van der Waals surface area (Å²) in [6.07, 6.45) is 2.63. The molecule has 0 saturated carbocycles. The van der Waals surface area contributed by atoms with Gasteiger partial charge in [0.25, 0.3) is 10.0 Å². The molecule has 0 saturated heterocycles. The van der Waals surface area contributed by atoms with Crippen LogP contribution in [0.1, 0.15) is 26.2 Å². The molecule has 0 bridgehead atoms. The summed E-state index contributed by atoms with van der Waals surface area (Å²) < 4.78 is 61.5. The summed E-state index contributed by atoms with van der Waals surface area (Å²) in [4.78, 5) is 12.7. The lowest BCUT2D eigenvalue weighted by Gasteiger charge is -2.17. The van der Waals surface area contributed by atoms with E-state index < -0.39 is 10.0 Å². The largest absolute Gasteiger partial charge is 0.493 e. The number of anilines is 1. The molecule has 1 heterocycles. The van der Waals surface area contributed by atoms with E-state index in [9.17, 15) is 13.2 Å². The Labute approximate surface area is 257 Å². The second kappa shape index (κ2) is 14.4. The topological polar surface area (TPSA) is 131 Å². The quantitative estimate of drug-likeness (QED) is 0.170. The Hall–Kier alpha value is -4.36. The highest BCUT2D eigenvalue weighted by Crippen LogP contribution is 2.38. The molecule has 4 aromatic rings. The van der Waals surface area contributed by atoms with Gasteiger partial charge in [-0.3, -0.25) is 13.9 Å². The van der Waals surface area contributed by atoms with Gasteiger partial charge in [-0.25, -0.2) is 13.2 Å². The van der Waals surface area contributed by atoms with Gasteiger partial charge in [-0.05, 0) is 51.1 Å². The Kier molecular flexibility index (Phi) is 10.7. The summed E-state index contributed by atoms with van der Waals surface area (Å²) in [5.41, 5.74) is 0.930. The highest BCUT2D eigenvalue weighted by Gasteiger charge is 2.22. The van der Waals surface area contributed by atoms with Gasteiger partial charge in [0.1, 0.15) is 17.2 Å². The van der Waals surface area contributed by atoms with Gasteiger partial charge in [0, 0.05) is 44.4 Å². The maximum absolute atomic E-state index is 13.6. The van der Waals surface area contributed by atoms with Crippen LogP contribution in [0.25, 0.3) is 11.0 Å². The van der Waals surface area contributed by atoms with E-state index in [1.165, 1.54) is 41.6 Å². The highest BCUT2D eigenvalue weighted by atomic mass is 32.2. The summed E-state index contributed by atoms with van der Waals surface area (Å²) in [5.74, 6) is 2.30. The van der Waals surface area contributed by atoms with Crippen molar-refractivity contribution in [3.8, 4) is 34.5 Å². The molecular formula is C31H40N4O8S. The van der Waals surface area contributed by atoms with Gasteiger partial charge in [0.05, 0.1) is 49.0 Å². The average molecular weight is 629 g/mol.